The van der Waals surface area contributed by atoms with Crippen molar-refractivity contribution in [1.29, 1.82) is 0 Å². The molecule has 0 amide bonds. The number of hydrogen-bond donors (Lipinski definition) is 0. The molecule has 0 aliphatic carbocycles. The van der Waals surface area contributed by atoms with Crippen molar-refractivity contribution in [3.63, 3.8) is 0 Å². The first kappa shape index (κ1) is 25.2. The first-order valence-electron chi connectivity index (χ1n) is 15.0. The van der Waals surface area contributed by atoms with Gasteiger partial charge in [0.05, 0.1) is 23.3 Å². The van der Waals surface area contributed by atoms with E-state index in [-0.39, 0.29) is 0 Å². The smallest absolute Gasteiger partial charge is 0.187 e. The molecular weight excluding hydrogens is 550 g/mol. The minimum absolute atomic E-state index is 0.613. The summed E-state index contributed by atoms with van der Waals surface area (Å²) in [6.07, 6.45) is 0. The molecule has 9 rings (SSSR count). The lowest BCUT2D eigenvalue weighted by Gasteiger charge is -2.29. The van der Waals surface area contributed by atoms with Crippen molar-refractivity contribution in [3.8, 4) is 28.3 Å². The second-order valence-electron chi connectivity index (χ2n) is 11.3. The fourth-order valence-corrected chi connectivity index (χ4v) is 6.82. The Hall–Kier alpha value is -6.31. The van der Waals surface area contributed by atoms with Crippen LogP contribution in [0.5, 0.6) is 11.5 Å². The number of ether oxygens (including phenoxy) is 1. The molecular formula is C41H25N3O. The summed E-state index contributed by atoms with van der Waals surface area (Å²) in [6.45, 7) is 7.53. The van der Waals surface area contributed by atoms with Crippen LogP contribution in [-0.2, 0) is 0 Å². The standard InChI is InChI=1S/C41H25N3O/c1-42-27-18-20-29(21-19-27)43(37-25-23-33-32-13-6-8-16-39(32)45-40-17-9-14-34(37)41(33)40)30-22-24-38-35(26-30)31-12-5-7-15-36(31)44(38)28-10-3-2-4-11-28/h2-26H. The lowest BCUT2D eigenvalue weighted by molar-refractivity contribution is 0.487. The van der Waals surface area contributed by atoms with Gasteiger partial charge in [0.15, 0.2) is 5.69 Å². The van der Waals surface area contributed by atoms with E-state index < -0.39 is 0 Å². The topological polar surface area (TPSA) is 21.8 Å². The molecule has 0 spiro atoms. The Balaban J connectivity index is 1.31. The van der Waals surface area contributed by atoms with Crippen LogP contribution in [0.2, 0.25) is 0 Å². The fraction of sp³-hybridized carbons (Fsp3) is 0. The van der Waals surface area contributed by atoms with Gasteiger partial charge in [0.25, 0.3) is 0 Å². The van der Waals surface area contributed by atoms with Crippen molar-refractivity contribution in [1.82, 2.24) is 4.57 Å². The van der Waals surface area contributed by atoms with Gasteiger partial charge < -0.3 is 14.2 Å². The first-order chi connectivity index (χ1) is 22.3. The van der Waals surface area contributed by atoms with Crippen LogP contribution in [0.3, 0.4) is 0 Å². The second kappa shape index (κ2) is 9.87. The lowest BCUT2D eigenvalue weighted by Crippen LogP contribution is -2.11. The number of para-hydroxylation sites is 3. The average molecular weight is 576 g/mol. The van der Waals surface area contributed by atoms with Gasteiger partial charge in [-0.15, -0.1) is 0 Å². The van der Waals surface area contributed by atoms with Gasteiger partial charge in [-0.2, -0.15) is 0 Å². The number of rotatable bonds is 4. The predicted molar refractivity (Wildman–Crippen MR) is 185 cm³/mol. The van der Waals surface area contributed by atoms with Crippen molar-refractivity contribution in [3.05, 3.63) is 163 Å². The van der Waals surface area contributed by atoms with Gasteiger partial charge in [0.2, 0.25) is 0 Å². The number of aromatic nitrogens is 1. The van der Waals surface area contributed by atoms with E-state index in [0.29, 0.717) is 5.69 Å². The monoisotopic (exact) mass is 575 g/mol. The summed E-state index contributed by atoms with van der Waals surface area (Å²) in [5.74, 6) is 1.73. The molecule has 0 saturated heterocycles. The van der Waals surface area contributed by atoms with Crippen LogP contribution in [0.1, 0.15) is 0 Å². The van der Waals surface area contributed by atoms with E-state index in [4.69, 9.17) is 11.3 Å². The maximum absolute atomic E-state index is 7.53. The molecule has 1 aliphatic rings. The van der Waals surface area contributed by atoms with E-state index in [2.05, 4.69) is 124 Å². The van der Waals surface area contributed by atoms with Gasteiger partial charge in [0.1, 0.15) is 11.5 Å². The largest absolute Gasteiger partial charge is 0.456 e. The highest BCUT2D eigenvalue weighted by atomic mass is 16.5. The third-order valence-electron chi connectivity index (χ3n) is 8.78. The highest BCUT2D eigenvalue weighted by Gasteiger charge is 2.24. The van der Waals surface area contributed by atoms with Crippen LogP contribution in [-0.4, -0.2) is 4.57 Å². The quantitative estimate of drug-likeness (QED) is 0.195. The third kappa shape index (κ3) is 3.85. The maximum atomic E-state index is 7.53. The van der Waals surface area contributed by atoms with Crippen LogP contribution in [0.25, 0.3) is 54.2 Å². The van der Waals surface area contributed by atoms with Crippen LogP contribution < -0.4 is 9.64 Å². The van der Waals surface area contributed by atoms with Crippen molar-refractivity contribution in [2.45, 2.75) is 0 Å². The summed E-state index contributed by atoms with van der Waals surface area (Å²) in [5.41, 5.74) is 9.37. The Morgan fingerprint density at radius 1 is 0.533 bits per heavy atom. The molecule has 0 atom stereocenters. The zero-order chi connectivity index (χ0) is 29.9. The molecule has 8 aromatic rings. The molecule has 0 unspecified atom stereocenters. The number of hydrogen-bond acceptors (Lipinski definition) is 2. The Morgan fingerprint density at radius 3 is 2.11 bits per heavy atom. The third-order valence-corrected chi connectivity index (χ3v) is 8.78. The number of nitrogens with zero attached hydrogens (tertiary/aromatic N) is 3. The zero-order valence-electron chi connectivity index (χ0n) is 24.2. The Morgan fingerprint density at radius 2 is 1.24 bits per heavy atom. The molecule has 0 bridgehead atoms. The lowest BCUT2D eigenvalue weighted by atomic mass is 9.93. The van der Waals surface area contributed by atoms with Crippen LogP contribution in [0.4, 0.5) is 22.7 Å². The van der Waals surface area contributed by atoms with Gasteiger partial charge in [-0.25, -0.2) is 4.85 Å². The van der Waals surface area contributed by atoms with Crippen molar-refractivity contribution in [2.24, 2.45) is 0 Å². The Labute approximate surface area is 260 Å². The summed E-state index contributed by atoms with van der Waals surface area (Å²) >= 11 is 0. The molecule has 0 fully saturated rings. The minimum Gasteiger partial charge on any atom is -0.456 e. The summed E-state index contributed by atoms with van der Waals surface area (Å²) in [6, 6.07) is 52.6. The van der Waals surface area contributed by atoms with Crippen molar-refractivity contribution < 1.29 is 4.74 Å². The highest BCUT2D eigenvalue weighted by Crippen LogP contribution is 2.50. The summed E-state index contributed by atoms with van der Waals surface area (Å²) in [4.78, 5) is 5.95. The molecule has 0 saturated carbocycles. The summed E-state index contributed by atoms with van der Waals surface area (Å²) in [5, 5.41) is 4.57. The van der Waals surface area contributed by atoms with Gasteiger partial charge in [0, 0.05) is 44.2 Å². The highest BCUT2D eigenvalue weighted by molar-refractivity contribution is 6.13. The molecule has 210 valence electrons. The Kier molecular flexibility index (Phi) is 5.53. The zero-order valence-corrected chi connectivity index (χ0v) is 24.2. The number of fused-ring (bicyclic) bond motifs is 5. The van der Waals surface area contributed by atoms with Gasteiger partial charge in [-0.1, -0.05) is 84.9 Å². The normalized spacial score (nSPS) is 11.7. The second-order valence-corrected chi connectivity index (χ2v) is 11.3. The minimum atomic E-state index is 0.613. The van der Waals surface area contributed by atoms with E-state index in [0.717, 1.165) is 61.7 Å². The molecule has 0 radical (unpaired) electrons. The van der Waals surface area contributed by atoms with Crippen LogP contribution >= 0.6 is 0 Å². The van der Waals surface area contributed by atoms with E-state index in [1.54, 1.807) is 0 Å². The molecule has 2 heterocycles. The maximum Gasteiger partial charge on any atom is 0.187 e. The van der Waals surface area contributed by atoms with Crippen molar-refractivity contribution >= 4 is 55.3 Å². The van der Waals surface area contributed by atoms with E-state index >= 15 is 0 Å². The number of anilines is 3. The number of benzene rings is 7. The van der Waals surface area contributed by atoms with Gasteiger partial charge in [-0.05, 0) is 72.3 Å². The van der Waals surface area contributed by atoms with Crippen LogP contribution in [0.15, 0.2) is 152 Å². The molecule has 4 nitrogen and oxygen atoms in total. The Bertz CT molecular complexity index is 2470. The summed E-state index contributed by atoms with van der Waals surface area (Å²) < 4.78 is 8.76. The van der Waals surface area contributed by atoms with Gasteiger partial charge in [-0.3, -0.25) is 0 Å². The van der Waals surface area contributed by atoms with E-state index in [1.807, 2.05) is 42.5 Å². The summed E-state index contributed by atoms with van der Waals surface area (Å²) in [7, 11) is 0. The molecule has 4 heteroatoms. The molecule has 1 aromatic heterocycles. The molecule has 7 aromatic carbocycles. The van der Waals surface area contributed by atoms with Crippen molar-refractivity contribution in [2.75, 3.05) is 4.90 Å². The SMILES string of the molecule is [C-]#[N+]c1ccc(N(c2ccc3c(c2)c2ccccc2n3-c2ccccc2)c2ccc3c4c(cccc24)Oc2ccccc2-3)cc1. The van der Waals surface area contributed by atoms with E-state index in [1.165, 1.54) is 16.3 Å². The molecule has 45 heavy (non-hydrogen) atoms. The predicted octanol–water partition coefficient (Wildman–Crippen LogP) is 11.7. The molecule has 0 N–H and O–H groups in total. The van der Waals surface area contributed by atoms with Crippen LogP contribution in [0, 0.1) is 6.57 Å². The van der Waals surface area contributed by atoms with Gasteiger partial charge >= 0.3 is 0 Å². The average Bonchev–Trinajstić information content (AvgIpc) is 3.44. The fourth-order valence-electron chi connectivity index (χ4n) is 6.82. The van der Waals surface area contributed by atoms with E-state index in [9.17, 15) is 0 Å². The first-order valence-corrected chi connectivity index (χ1v) is 15.0. The molecule has 1 aliphatic heterocycles.